The number of aliphatic hydroxyl groups is 1. The summed E-state index contributed by atoms with van der Waals surface area (Å²) < 4.78 is 27.2. The Morgan fingerprint density at radius 3 is 2.19 bits per heavy atom. The van der Waals surface area contributed by atoms with Crippen LogP contribution in [0.15, 0.2) is 52.6 Å². The molecule has 1 atom stereocenters. The van der Waals surface area contributed by atoms with Gasteiger partial charge < -0.3 is 28.6 Å². The van der Waals surface area contributed by atoms with Crippen LogP contribution in [0.4, 0.5) is 5.82 Å². The molecule has 1 saturated heterocycles. The van der Waals surface area contributed by atoms with Crippen molar-refractivity contribution in [1.29, 1.82) is 0 Å². The van der Waals surface area contributed by atoms with Gasteiger partial charge in [0.1, 0.15) is 17.3 Å². The minimum atomic E-state index is -1.06. The van der Waals surface area contributed by atoms with Crippen LogP contribution < -0.4 is 23.8 Å². The number of nitrogens with zero attached hydrogens (tertiary/aromatic N) is 2. The molecule has 2 heterocycles. The SMILES string of the molecule is CCCOc1ccc(C(O)=C2C(=O)C(=O)N(c3cc(C)on3)C2c2cc(OC)c(OC)c(OC)c2)cc1. The predicted molar refractivity (Wildman–Crippen MR) is 134 cm³/mol. The van der Waals surface area contributed by atoms with Crippen LogP contribution in [0.3, 0.4) is 0 Å². The van der Waals surface area contributed by atoms with Crippen molar-refractivity contribution in [3.63, 3.8) is 0 Å². The number of aryl methyl sites for hydroxylation is 1. The number of anilines is 1. The molecule has 0 aliphatic carbocycles. The average Bonchev–Trinajstić information content (AvgIpc) is 3.46. The van der Waals surface area contributed by atoms with Gasteiger partial charge in [0.2, 0.25) is 5.75 Å². The van der Waals surface area contributed by atoms with Crippen LogP contribution in [0, 0.1) is 6.92 Å². The molecule has 1 aliphatic heterocycles. The van der Waals surface area contributed by atoms with Crippen LogP contribution in [-0.4, -0.2) is 49.9 Å². The van der Waals surface area contributed by atoms with E-state index >= 15 is 0 Å². The van der Waals surface area contributed by atoms with E-state index in [-0.39, 0.29) is 17.2 Å². The van der Waals surface area contributed by atoms with Gasteiger partial charge in [0.15, 0.2) is 17.3 Å². The molecule has 1 fully saturated rings. The van der Waals surface area contributed by atoms with Crippen molar-refractivity contribution < 1.29 is 38.2 Å². The van der Waals surface area contributed by atoms with E-state index in [1.807, 2.05) is 6.92 Å². The maximum Gasteiger partial charge on any atom is 0.301 e. The Hall–Kier alpha value is -4.47. The lowest BCUT2D eigenvalue weighted by Crippen LogP contribution is -2.29. The van der Waals surface area contributed by atoms with Crippen LogP contribution >= 0.6 is 0 Å². The number of aromatic nitrogens is 1. The second-order valence-corrected chi connectivity index (χ2v) is 8.30. The number of carbonyl (C=O) groups is 2. The summed E-state index contributed by atoms with van der Waals surface area (Å²) in [6.45, 7) is 4.22. The zero-order valence-electron chi connectivity index (χ0n) is 21.2. The molecule has 2 aromatic carbocycles. The number of ether oxygens (including phenoxy) is 4. The van der Waals surface area contributed by atoms with E-state index in [9.17, 15) is 14.7 Å². The lowest BCUT2D eigenvalue weighted by atomic mass is 9.94. The third kappa shape index (κ3) is 4.69. The van der Waals surface area contributed by atoms with Gasteiger partial charge in [-0.05, 0) is 55.3 Å². The van der Waals surface area contributed by atoms with E-state index in [0.29, 0.717) is 46.5 Å². The maximum atomic E-state index is 13.4. The van der Waals surface area contributed by atoms with Crippen molar-refractivity contribution in [3.05, 3.63) is 64.9 Å². The maximum absolute atomic E-state index is 13.4. The number of benzene rings is 2. The molecule has 1 aromatic heterocycles. The minimum Gasteiger partial charge on any atom is -0.507 e. The van der Waals surface area contributed by atoms with Crippen LogP contribution in [0.25, 0.3) is 5.76 Å². The molecule has 10 nitrogen and oxygen atoms in total. The summed E-state index contributed by atoms with van der Waals surface area (Å²) >= 11 is 0. The summed E-state index contributed by atoms with van der Waals surface area (Å²) in [6.07, 6.45) is 0.849. The van der Waals surface area contributed by atoms with Gasteiger partial charge in [-0.25, -0.2) is 0 Å². The summed E-state index contributed by atoms with van der Waals surface area (Å²) in [5.41, 5.74) is 0.650. The third-order valence-corrected chi connectivity index (χ3v) is 5.91. The van der Waals surface area contributed by atoms with Gasteiger partial charge in [0.25, 0.3) is 5.78 Å². The summed E-state index contributed by atoms with van der Waals surface area (Å²) in [4.78, 5) is 27.8. The van der Waals surface area contributed by atoms with Gasteiger partial charge in [-0.15, -0.1) is 0 Å². The summed E-state index contributed by atoms with van der Waals surface area (Å²) in [5, 5.41) is 15.3. The van der Waals surface area contributed by atoms with Gasteiger partial charge in [-0.2, -0.15) is 0 Å². The lowest BCUT2D eigenvalue weighted by Gasteiger charge is -2.24. The topological polar surface area (TPSA) is 121 Å². The molecule has 1 N–H and O–H groups in total. The Bertz CT molecular complexity index is 1320. The monoisotopic (exact) mass is 508 g/mol. The van der Waals surface area contributed by atoms with Crippen molar-refractivity contribution in [2.24, 2.45) is 0 Å². The summed E-state index contributed by atoms with van der Waals surface area (Å²) in [6, 6.07) is 10.3. The van der Waals surface area contributed by atoms with E-state index in [4.69, 9.17) is 23.5 Å². The van der Waals surface area contributed by atoms with Crippen LogP contribution in [0.1, 0.15) is 36.3 Å². The Morgan fingerprint density at radius 2 is 1.68 bits per heavy atom. The highest BCUT2D eigenvalue weighted by molar-refractivity contribution is 6.51. The number of hydrogen-bond acceptors (Lipinski definition) is 9. The van der Waals surface area contributed by atoms with E-state index in [2.05, 4.69) is 5.16 Å². The Labute approximate surface area is 214 Å². The molecular weight excluding hydrogens is 480 g/mol. The van der Waals surface area contributed by atoms with Crippen molar-refractivity contribution in [3.8, 4) is 23.0 Å². The van der Waals surface area contributed by atoms with Crippen molar-refractivity contribution >= 4 is 23.3 Å². The molecule has 0 bridgehead atoms. The lowest BCUT2D eigenvalue weighted by molar-refractivity contribution is -0.132. The standard InChI is InChI=1S/C27H28N2O8/c1-6-11-36-18-9-7-16(8-10-18)24(30)22-23(17-13-19(33-3)26(35-5)20(14-17)34-4)29(27(32)25(22)31)21-12-15(2)37-28-21/h7-10,12-14,23,30H,6,11H2,1-5H3. The highest BCUT2D eigenvalue weighted by Crippen LogP contribution is 2.47. The highest BCUT2D eigenvalue weighted by atomic mass is 16.5. The molecule has 10 heteroatoms. The van der Waals surface area contributed by atoms with E-state index < -0.39 is 17.7 Å². The number of Topliss-reactive ketones (excluding diaryl/α,β-unsaturated/α-hetero) is 1. The largest absolute Gasteiger partial charge is 0.507 e. The number of aliphatic hydroxyl groups excluding tert-OH is 1. The first-order chi connectivity index (χ1) is 17.8. The Morgan fingerprint density at radius 1 is 1.03 bits per heavy atom. The molecule has 0 radical (unpaired) electrons. The molecule has 37 heavy (non-hydrogen) atoms. The number of hydrogen-bond donors (Lipinski definition) is 1. The predicted octanol–water partition coefficient (Wildman–Crippen LogP) is 4.42. The zero-order chi connectivity index (χ0) is 26.7. The van der Waals surface area contributed by atoms with Gasteiger partial charge in [0.05, 0.1) is 39.6 Å². The average molecular weight is 509 g/mol. The molecule has 0 saturated carbocycles. The normalized spacial score (nSPS) is 16.7. The Balaban J connectivity index is 1.92. The number of amides is 1. The third-order valence-electron chi connectivity index (χ3n) is 5.91. The quantitative estimate of drug-likeness (QED) is 0.254. The highest BCUT2D eigenvalue weighted by Gasteiger charge is 2.48. The second-order valence-electron chi connectivity index (χ2n) is 8.30. The molecule has 1 aliphatic rings. The molecule has 3 aromatic rings. The van der Waals surface area contributed by atoms with Crippen molar-refractivity contribution in [2.75, 3.05) is 32.8 Å². The van der Waals surface area contributed by atoms with Gasteiger partial charge in [-0.1, -0.05) is 12.1 Å². The Kier molecular flexibility index (Phi) is 7.37. The van der Waals surface area contributed by atoms with Gasteiger partial charge >= 0.3 is 5.91 Å². The first-order valence-corrected chi connectivity index (χ1v) is 11.6. The zero-order valence-corrected chi connectivity index (χ0v) is 21.2. The fourth-order valence-corrected chi connectivity index (χ4v) is 4.19. The fourth-order valence-electron chi connectivity index (χ4n) is 4.19. The molecule has 4 rings (SSSR count). The number of carbonyl (C=O) groups excluding carboxylic acids is 2. The first-order valence-electron chi connectivity index (χ1n) is 11.6. The summed E-state index contributed by atoms with van der Waals surface area (Å²) in [5.74, 6) is 0.0849. The first kappa shape index (κ1) is 25.6. The van der Waals surface area contributed by atoms with Crippen LogP contribution in [-0.2, 0) is 9.59 Å². The minimum absolute atomic E-state index is 0.123. The van der Waals surface area contributed by atoms with Crippen molar-refractivity contribution in [1.82, 2.24) is 5.16 Å². The number of methoxy groups -OCH3 is 3. The van der Waals surface area contributed by atoms with Crippen molar-refractivity contribution in [2.45, 2.75) is 26.3 Å². The van der Waals surface area contributed by atoms with Gasteiger partial charge in [-0.3, -0.25) is 14.5 Å². The van der Waals surface area contributed by atoms with Gasteiger partial charge in [0, 0.05) is 11.6 Å². The smallest absolute Gasteiger partial charge is 0.301 e. The van der Waals surface area contributed by atoms with E-state index in [1.54, 1.807) is 43.3 Å². The molecule has 194 valence electrons. The number of rotatable bonds is 9. The summed E-state index contributed by atoms with van der Waals surface area (Å²) in [7, 11) is 4.39. The fraction of sp³-hybridized carbons (Fsp3) is 0.296. The molecule has 1 amide bonds. The molecule has 0 spiro atoms. The van der Waals surface area contributed by atoms with Crippen LogP contribution in [0.2, 0.25) is 0 Å². The molecule has 1 unspecified atom stereocenters. The van der Waals surface area contributed by atoms with E-state index in [1.165, 1.54) is 32.3 Å². The second kappa shape index (κ2) is 10.7. The van der Waals surface area contributed by atoms with Crippen LogP contribution in [0.5, 0.6) is 23.0 Å². The molecular formula is C27H28N2O8. The number of ketones is 1. The van der Waals surface area contributed by atoms with E-state index in [0.717, 1.165) is 6.42 Å².